The average molecular weight is 449 g/mol. The highest BCUT2D eigenvalue weighted by molar-refractivity contribution is 6.35. The zero-order valence-corrected chi connectivity index (χ0v) is 19.1. The van der Waals surface area contributed by atoms with Gasteiger partial charge in [0, 0.05) is 41.0 Å². The van der Waals surface area contributed by atoms with E-state index in [1.807, 2.05) is 25.1 Å². The summed E-state index contributed by atoms with van der Waals surface area (Å²) in [4.78, 5) is 13.0. The van der Waals surface area contributed by atoms with Gasteiger partial charge in [-0.3, -0.25) is 4.79 Å². The van der Waals surface area contributed by atoms with E-state index in [2.05, 4.69) is 9.88 Å². The number of rotatable bonds is 6. The molecule has 1 aliphatic carbocycles. The van der Waals surface area contributed by atoms with E-state index in [9.17, 15) is 4.79 Å². The Kier molecular flexibility index (Phi) is 7.07. The van der Waals surface area contributed by atoms with Gasteiger partial charge in [0.05, 0.1) is 17.4 Å². The lowest BCUT2D eigenvalue weighted by Crippen LogP contribution is -2.32. The molecular weight excluding hydrogens is 419 g/mol. The van der Waals surface area contributed by atoms with Crippen molar-refractivity contribution in [1.29, 1.82) is 0 Å². The fraction of sp³-hybridized carbons (Fsp3) is 0.542. The summed E-state index contributed by atoms with van der Waals surface area (Å²) in [6.07, 6.45) is 8.56. The molecule has 2 fully saturated rings. The molecule has 1 aromatic carbocycles. The smallest absolute Gasteiger partial charge is 0.253 e. The Morgan fingerprint density at radius 3 is 2.67 bits per heavy atom. The van der Waals surface area contributed by atoms with Crippen LogP contribution in [-0.4, -0.2) is 29.7 Å². The zero-order chi connectivity index (χ0) is 21.1. The summed E-state index contributed by atoms with van der Waals surface area (Å²) in [6.45, 7) is 4.28. The first kappa shape index (κ1) is 21.7. The third-order valence-corrected chi connectivity index (χ3v) is 7.06. The van der Waals surface area contributed by atoms with Gasteiger partial charge in [-0.05, 0) is 62.8 Å². The standard InChI is InChI=1S/C24H30Cl2N2O2/c1-16-20(24(29)27-14-19-8-5-11-30-19)13-23(21-12-18(25)9-10-22(21)26)28(16)15-17-6-3-2-4-7-17/h9-10,12-13,17,19H,2-8,11,14-15H2,1H3,(H,27,29)/t19-/m1/s1. The van der Waals surface area contributed by atoms with Crippen molar-refractivity contribution in [3.63, 3.8) is 0 Å². The lowest BCUT2D eigenvalue weighted by Gasteiger charge is -2.24. The number of nitrogens with zero attached hydrogens (tertiary/aromatic N) is 1. The Bertz CT molecular complexity index is 897. The number of aromatic nitrogens is 1. The molecular formula is C24H30Cl2N2O2. The van der Waals surface area contributed by atoms with Gasteiger partial charge in [0.1, 0.15) is 0 Å². The van der Waals surface area contributed by atoms with Gasteiger partial charge in [-0.15, -0.1) is 0 Å². The lowest BCUT2D eigenvalue weighted by atomic mass is 9.89. The quantitative estimate of drug-likeness (QED) is 0.566. The zero-order valence-electron chi connectivity index (χ0n) is 17.6. The first-order chi connectivity index (χ1) is 14.5. The van der Waals surface area contributed by atoms with Crippen LogP contribution in [0.4, 0.5) is 0 Å². The van der Waals surface area contributed by atoms with E-state index in [1.54, 1.807) is 6.07 Å². The minimum absolute atomic E-state index is 0.0511. The first-order valence-corrected chi connectivity index (χ1v) is 11.8. The van der Waals surface area contributed by atoms with Crippen LogP contribution in [0.1, 0.15) is 61.0 Å². The Morgan fingerprint density at radius 1 is 1.13 bits per heavy atom. The SMILES string of the molecule is Cc1c(C(=O)NC[C@H]2CCCO2)cc(-c2cc(Cl)ccc2Cl)n1CC1CCCCC1. The number of hydrogen-bond donors (Lipinski definition) is 1. The molecule has 2 aromatic rings. The molecule has 1 saturated heterocycles. The van der Waals surface area contributed by atoms with Gasteiger partial charge in [0.15, 0.2) is 0 Å². The summed E-state index contributed by atoms with van der Waals surface area (Å²) in [5.74, 6) is 0.578. The molecule has 1 aromatic heterocycles. The van der Waals surface area contributed by atoms with Crippen LogP contribution in [0.2, 0.25) is 10.0 Å². The summed E-state index contributed by atoms with van der Waals surface area (Å²) >= 11 is 12.8. The topological polar surface area (TPSA) is 43.3 Å². The van der Waals surface area contributed by atoms with E-state index in [1.165, 1.54) is 32.1 Å². The minimum Gasteiger partial charge on any atom is -0.376 e. The van der Waals surface area contributed by atoms with Crippen LogP contribution in [0.25, 0.3) is 11.3 Å². The maximum atomic E-state index is 13.0. The summed E-state index contributed by atoms with van der Waals surface area (Å²) in [5, 5.41) is 4.35. The molecule has 1 amide bonds. The molecule has 1 aliphatic heterocycles. The van der Waals surface area contributed by atoms with Crippen LogP contribution >= 0.6 is 23.2 Å². The van der Waals surface area contributed by atoms with E-state index in [4.69, 9.17) is 27.9 Å². The van der Waals surface area contributed by atoms with Crippen molar-refractivity contribution >= 4 is 29.1 Å². The van der Waals surface area contributed by atoms with E-state index in [0.717, 1.165) is 42.9 Å². The Hall–Kier alpha value is -1.49. The molecule has 162 valence electrons. The van der Waals surface area contributed by atoms with Gasteiger partial charge in [-0.25, -0.2) is 0 Å². The first-order valence-electron chi connectivity index (χ1n) is 11.1. The van der Waals surface area contributed by atoms with Gasteiger partial charge in [-0.2, -0.15) is 0 Å². The molecule has 0 spiro atoms. The highest BCUT2D eigenvalue weighted by Crippen LogP contribution is 2.35. The van der Waals surface area contributed by atoms with Crippen molar-refractivity contribution in [3.05, 3.63) is 45.6 Å². The fourth-order valence-electron chi connectivity index (χ4n) is 4.76. The van der Waals surface area contributed by atoms with Crippen LogP contribution in [0.5, 0.6) is 0 Å². The van der Waals surface area contributed by atoms with Crippen molar-refractivity contribution in [2.45, 2.75) is 64.5 Å². The second kappa shape index (κ2) is 9.76. The van der Waals surface area contributed by atoms with Crippen molar-refractivity contribution < 1.29 is 9.53 Å². The molecule has 0 bridgehead atoms. The van der Waals surface area contributed by atoms with Gasteiger partial charge in [0.25, 0.3) is 5.91 Å². The van der Waals surface area contributed by atoms with Gasteiger partial charge < -0.3 is 14.6 Å². The van der Waals surface area contributed by atoms with Crippen LogP contribution in [0.3, 0.4) is 0 Å². The Balaban J connectivity index is 1.65. The summed E-state index contributed by atoms with van der Waals surface area (Å²) in [7, 11) is 0. The minimum atomic E-state index is -0.0511. The summed E-state index contributed by atoms with van der Waals surface area (Å²) < 4.78 is 7.92. The van der Waals surface area contributed by atoms with Gasteiger partial charge in [0.2, 0.25) is 0 Å². The van der Waals surface area contributed by atoms with Crippen molar-refractivity contribution in [1.82, 2.24) is 9.88 Å². The average Bonchev–Trinajstić information content (AvgIpc) is 3.38. The highest BCUT2D eigenvalue weighted by atomic mass is 35.5. The molecule has 4 rings (SSSR count). The summed E-state index contributed by atoms with van der Waals surface area (Å²) in [5.41, 5.74) is 3.53. The molecule has 1 saturated carbocycles. The van der Waals surface area contributed by atoms with Crippen LogP contribution < -0.4 is 5.32 Å². The molecule has 2 aliphatic rings. The number of carbonyl (C=O) groups excluding carboxylic acids is 1. The van der Waals surface area contributed by atoms with Crippen LogP contribution in [0.15, 0.2) is 24.3 Å². The van der Waals surface area contributed by atoms with Gasteiger partial charge >= 0.3 is 0 Å². The normalized spacial score (nSPS) is 19.9. The van der Waals surface area contributed by atoms with E-state index < -0.39 is 0 Å². The van der Waals surface area contributed by atoms with E-state index in [0.29, 0.717) is 28.1 Å². The van der Waals surface area contributed by atoms with Crippen molar-refractivity contribution in [2.75, 3.05) is 13.2 Å². The number of ether oxygens (including phenoxy) is 1. The molecule has 1 atom stereocenters. The predicted octanol–water partition coefficient (Wildman–Crippen LogP) is 6.26. The Morgan fingerprint density at radius 2 is 1.93 bits per heavy atom. The van der Waals surface area contributed by atoms with E-state index >= 15 is 0 Å². The molecule has 6 heteroatoms. The third kappa shape index (κ3) is 4.87. The number of benzene rings is 1. The van der Waals surface area contributed by atoms with Gasteiger partial charge in [-0.1, -0.05) is 42.5 Å². The largest absolute Gasteiger partial charge is 0.376 e. The van der Waals surface area contributed by atoms with Crippen LogP contribution in [-0.2, 0) is 11.3 Å². The monoisotopic (exact) mass is 448 g/mol. The Labute approximate surface area is 188 Å². The number of amides is 1. The predicted molar refractivity (Wildman–Crippen MR) is 123 cm³/mol. The number of carbonyl (C=O) groups is 1. The molecule has 0 radical (unpaired) electrons. The van der Waals surface area contributed by atoms with E-state index in [-0.39, 0.29) is 12.0 Å². The molecule has 1 N–H and O–H groups in total. The lowest BCUT2D eigenvalue weighted by molar-refractivity contribution is 0.0857. The maximum Gasteiger partial charge on any atom is 0.253 e. The molecule has 0 unspecified atom stereocenters. The second-order valence-corrected chi connectivity index (χ2v) is 9.46. The maximum absolute atomic E-state index is 13.0. The number of hydrogen-bond acceptors (Lipinski definition) is 2. The highest BCUT2D eigenvalue weighted by Gasteiger charge is 2.24. The molecule has 4 nitrogen and oxygen atoms in total. The van der Waals surface area contributed by atoms with Crippen molar-refractivity contribution in [3.8, 4) is 11.3 Å². The van der Waals surface area contributed by atoms with Crippen LogP contribution in [0, 0.1) is 12.8 Å². The van der Waals surface area contributed by atoms with Crippen molar-refractivity contribution in [2.24, 2.45) is 5.92 Å². The second-order valence-electron chi connectivity index (χ2n) is 8.61. The fourth-order valence-corrected chi connectivity index (χ4v) is 5.15. The molecule has 30 heavy (non-hydrogen) atoms. The summed E-state index contributed by atoms with van der Waals surface area (Å²) in [6, 6.07) is 7.48. The third-order valence-electron chi connectivity index (χ3n) is 6.50. The number of nitrogens with one attached hydrogen (secondary N) is 1. The molecule has 2 heterocycles. The number of halogens is 2.